The van der Waals surface area contributed by atoms with Gasteiger partial charge in [0.25, 0.3) is 5.91 Å². The van der Waals surface area contributed by atoms with E-state index in [2.05, 4.69) is 42.9 Å². The molecule has 2 heterocycles. The zero-order valence-corrected chi connectivity index (χ0v) is 19.2. The molecule has 2 aromatic carbocycles. The Bertz CT molecular complexity index is 1060. The highest BCUT2D eigenvalue weighted by molar-refractivity contribution is 8.18. The monoisotopic (exact) mass is 437 g/mol. The summed E-state index contributed by atoms with van der Waals surface area (Å²) in [7, 11) is 0. The van der Waals surface area contributed by atoms with Crippen LogP contribution in [0.15, 0.2) is 52.4 Å². The fourth-order valence-corrected chi connectivity index (χ4v) is 5.35. The standard InChI is InChI=1S/C25H28FN3OS/c1-5-11-29-21-14-20(26)17(12-19(21)16(2)15-25(29,3)4)13-22-23(30)28-24(31-22)27-18-9-7-6-8-10-18/h6-10,12-14,16H,5,11,15H2,1-4H3,(H,27,28,30)/b22-13+. The molecule has 1 fully saturated rings. The lowest BCUT2D eigenvalue weighted by molar-refractivity contribution is -0.115. The van der Waals surface area contributed by atoms with Gasteiger partial charge in [0, 0.05) is 23.3 Å². The molecule has 2 aliphatic heterocycles. The van der Waals surface area contributed by atoms with Crippen LogP contribution in [0.2, 0.25) is 0 Å². The molecule has 2 aliphatic rings. The molecule has 0 spiro atoms. The number of fused-ring (bicyclic) bond motifs is 1. The molecule has 1 unspecified atom stereocenters. The van der Waals surface area contributed by atoms with Gasteiger partial charge in [-0.3, -0.25) is 4.79 Å². The van der Waals surface area contributed by atoms with Gasteiger partial charge in [-0.25, -0.2) is 9.38 Å². The first kappa shape index (κ1) is 21.6. The number of carbonyl (C=O) groups excluding carboxylic acids is 1. The summed E-state index contributed by atoms with van der Waals surface area (Å²) in [4.78, 5) is 19.7. The van der Waals surface area contributed by atoms with Crippen molar-refractivity contribution in [2.24, 2.45) is 4.99 Å². The number of amidine groups is 1. The molecule has 6 heteroatoms. The van der Waals surface area contributed by atoms with Crippen molar-refractivity contribution in [2.45, 2.75) is 52.0 Å². The van der Waals surface area contributed by atoms with Crippen molar-refractivity contribution in [1.29, 1.82) is 0 Å². The third-order valence-electron chi connectivity index (χ3n) is 5.88. The summed E-state index contributed by atoms with van der Waals surface area (Å²) in [6, 6.07) is 13.0. The molecule has 1 saturated heterocycles. The summed E-state index contributed by atoms with van der Waals surface area (Å²) < 4.78 is 15.2. The van der Waals surface area contributed by atoms with Crippen LogP contribution in [-0.4, -0.2) is 23.2 Å². The zero-order valence-electron chi connectivity index (χ0n) is 18.4. The Morgan fingerprint density at radius 2 is 2.03 bits per heavy atom. The number of anilines is 1. The summed E-state index contributed by atoms with van der Waals surface area (Å²) in [5.74, 6) is -0.242. The summed E-state index contributed by atoms with van der Waals surface area (Å²) in [6.45, 7) is 9.68. The average molecular weight is 438 g/mol. The van der Waals surface area contributed by atoms with E-state index in [1.54, 1.807) is 12.1 Å². The number of carbonyl (C=O) groups is 1. The van der Waals surface area contributed by atoms with Crippen molar-refractivity contribution in [3.05, 3.63) is 64.3 Å². The summed E-state index contributed by atoms with van der Waals surface area (Å²) in [5, 5.41) is 3.28. The van der Waals surface area contributed by atoms with Gasteiger partial charge in [-0.2, -0.15) is 0 Å². The van der Waals surface area contributed by atoms with Crippen LogP contribution in [0.3, 0.4) is 0 Å². The van der Waals surface area contributed by atoms with Crippen LogP contribution < -0.4 is 10.2 Å². The van der Waals surface area contributed by atoms with Crippen molar-refractivity contribution in [2.75, 3.05) is 11.4 Å². The van der Waals surface area contributed by atoms with E-state index in [9.17, 15) is 4.79 Å². The van der Waals surface area contributed by atoms with Gasteiger partial charge >= 0.3 is 0 Å². The third kappa shape index (κ3) is 4.40. The van der Waals surface area contributed by atoms with E-state index in [1.807, 2.05) is 36.4 Å². The van der Waals surface area contributed by atoms with Crippen LogP contribution in [-0.2, 0) is 4.79 Å². The van der Waals surface area contributed by atoms with E-state index >= 15 is 4.39 Å². The molecule has 1 atom stereocenters. The van der Waals surface area contributed by atoms with Gasteiger partial charge in [-0.15, -0.1) is 0 Å². The summed E-state index contributed by atoms with van der Waals surface area (Å²) in [5.41, 5.74) is 3.31. The van der Waals surface area contributed by atoms with E-state index in [4.69, 9.17) is 0 Å². The molecule has 0 saturated carbocycles. The number of nitrogens with zero attached hydrogens (tertiary/aromatic N) is 2. The third-order valence-corrected chi connectivity index (χ3v) is 6.79. The summed E-state index contributed by atoms with van der Waals surface area (Å²) >= 11 is 1.24. The number of thioether (sulfide) groups is 1. The van der Waals surface area contributed by atoms with E-state index in [1.165, 1.54) is 11.8 Å². The van der Waals surface area contributed by atoms with Gasteiger partial charge in [0.05, 0.1) is 10.6 Å². The van der Waals surface area contributed by atoms with Crippen LogP contribution in [0, 0.1) is 5.82 Å². The molecular weight excluding hydrogens is 409 g/mol. The second-order valence-corrected chi connectivity index (χ2v) is 9.85. The van der Waals surface area contributed by atoms with Gasteiger partial charge in [0.1, 0.15) is 5.82 Å². The number of para-hydroxylation sites is 1. The van der Waals surface area contributed by atoms with Crippen molar-refractivity contribution < 1.29 is 9.18 Å². The number of hydrogen-bond acceptors (Lipinski definition) is 4. The number of amides is 1. The lowest BCUT2D eigenvalue weighted by Crippen LogP contribution is -2.48. The Hall–Kier alpha value is -2.60. The quantitative estimate of drug-likeness (QED) is 0.578. The molecule has 4 rings (SSSR count). The first-order valence-corrected chi connectivity index (χ1v) is 11.6. The van der Waals surface area contributed by atoms with Crippen LogP contribution >= 0.6 is 11.8 Å². The maximum Gasteiger partial charge on any atom is 0.264 e. The van der Waals surface area contributed by atoms with Crippen LogP contribution in [0.25, 0.3) is 6.08 Å². The molecule has 0 radical (unpaired) electrons. The second kappa shape index (κ2) is 8.50. The Labute approximate surface area is 187 Å². The van der Waals surface area contributed by atoms with Gasteiger partial charge in [0.2, 0.25) is 0 Å². The maximum absolute atomic E-state index is 15.2. The predicted octanol–water partition coefficient (Wildman–Crippen LogP) is 6.22. The molecular formula is C25H28FN3OS. The Morgan fingerprint density at radius 3 is 2.74 bits per heavy atom. The van der Waals surface area contributed by atoms with Crippen molar-refractivity contribution in [3.63, 3.8) is 0 Å². The Morgan fingerprint density at radius 1 is 1.29 bits per heavy atom. The van der Waals surface area contributed by atoms with E-state index in [0.717, 1.165) is 36.3 Å². The normalized spacial score (nSPS) is 22.7. The number of halogens is 1. The van der Waals surface area contributed by atoms with E-state index in [0.29, 0.717) is 21.6 Å². The predicted molar refractivity (Wildman–Crippen MR) is 128 cm³/mol. The topological polar surface area (TPSA) is 44.7 Å². The zero-order chi connectivity index (χ0) is 22.2. The highest BCUT2D eigenvalue weighted by Crippen LogP contribution is 2.44. The van der Waals surface area contributed by atoms with Crippen LogP contribution in [0.4, 0.5) is 15.8 Å². The van der Waals surface area contributed by atoms with Crippen molar-refractivity contribution >= 4 is 40.3 Å². The Kier molecular flexibility index (Phi) is 5.93. The minimum Gasteiger partial charge on any atom is -0.366 e. The number of nitrogens with one attached hydrogen (secondary N) is 1. The molecule has 0 aromatic heterocycles. The number of rotatable bonds is 4. The van der Waals surface area contributed by atoms with E-state index in [-0.39, 0.29) is 17.3 Å². The lowest BCUT2D eigenvalue weighted by Gasteiger charge is -2.47. The van der Waals surface area contributed by atoms with Gasteiger partial charge < -0.3 is 10.2 Å². The van der Waals surface area contributed by atoms with E-state index < -0.39 is 0 Å². The molecule has 0 bridgehead atoms. The maximum atomic E-state index is 15.2. The van der Waals surface area contributed by atoms with Crippen LogP contribution in [0.1, 0.15) is 57.6 Å². The number of hydrogen-bond donors (Lipinski definition) is 1. The van der Waals surface area contributed by atoms with Gasteiger partial charge in [0.15, 0.2) is 5.17 Å². The molecule has 2 aromatic rings. The minimum absolute atomic E-state index is 0.0150. The SMILES string of the molecule is CCCN1c2cc(F)c(/C=C3/SC(=Nc4ccccc4)NC3=O)cc2C(C)CC1(C)C. The second-order valence-electron chi connectivity index (χ2n) is 8.82. The van der Waals surface area contributed by atoms with Crippen molar-refractivity contribution in [1.82, 2.24) is 5.32 Å². The highest BCUT2D eigenvalue weighted by Gasteiger charge is 2.36. The molecule has 162 valence electrons. The van der Waals surface area contributed by atoms with Gasteiger partial charge in [-0.1, -0.05) is 32.0 Å². The molecule has 4 nitrogen and oxygen atoms in total. The molecule has 1 amide bonds. The lowest BCUT2D eigenvalue weighted by atomic mass is 9.79. The first-order chi connectivity index (χ1) is 14.8. The molecule has 1 N–H and O–H groups in total. The van der Waals surface area contributed by atoms with Crippen molar-refractivity contribution in [3.8, 4) is 0 Å². The Balaban J connectivity index is 1.67. The average Bonchev–Trinajstić information content (AvgIpc) is 3.05. The fraction of sp³-hybridized carbons (Fsp3) is 0.360. The first-order valence-electron chi connectivity index (χ1n) is 10.7. The molecule has 31 heavy (non-hydrogen) atoms. The fourth-order valence-electron chi connectivity index (χ4n) is 4.52. The smallest absolute Gasteiger partial charge is 0.264 e. The number of benzene rings is 2. The number of aliphatic imine (C=N–C) groups is 1. The van der Waals surface area contributed by atoms with Crippen LogP contribution in [0.5, 0.6) is 0 Å². The summed E-state index contributed by atoms with van der Waals surface area (Å²) in [6.07, 6.45) is 3.65. The largest absolute Gasteiger partial charge is 0.366 e. The van der Waals surface area contributed by atoms with Gasteiger partial charge in [-0.05, 0) is 80.3 Å². The molecule has 0 aliphatic carbocycles. The minimum atomic E-state index is -0.306. The highest BCUT2D eigenvalue weighted by atomic mass is 32.2.